The molecule has 1 aromatic heterocycles. The molecule has 1 unspecified atom stereocenters. The largest absolute Gasteiger partial charge is 0.493 e. The average molecular weight is 556 g/mol. The number of piperidine rings is 1. The summed E-state index contributed by atoms with van der Waals surface area (Å²) in [7, 11) is 3.36. The summed E-state index contributed by atoms with van der Waals surface area (Å²) < 4.78 is 11.3. The molecule has 3 N–H and O–H groups in total. The van der Waals surface area contributed by atoms with Crippen LogP contribution in [0.4, 0.5) is 5.82 Å². The van der Waals surface area contributed by atoms with E-state index in [9.17, 15) is 0 Å². The van der Waals surface area contributed by atoms with Gasteiger partial charge in [-0.05, 0) is 71.4 Å². The third kappa shape index (κ3) is 11.1. The zero-order valence-electron chi connectivity index (χ0n) is 23.9. The van der Waals surface area contributed by atoms with Gasteiger partial charge in [0.15, 0.2) is 11.5 Å². The van der Waals surface area contributed by atoms with E-state index >= 15 is 0 Å². The molecule has 212 valence electrons. The third-order valence-electron chi connectivity index (χ3n) is 5.62. The summed E-state index contributed by atoms with van der Waals surface area (Å²) in [6.45, 7) is 13.2. The number of hydrogen-bond acceptors (Lipinski definition) is 8. The van der Waals surface area contributed by atoms with Crippen LogP contribution in [0.25, 0.3) is 10.9 Å². The minimum absolute atomic E-state index is 0.344. The molecule has 9 heteroatoms. The second-order valence-electron chi connectivity index (χ2n) is 9.12. The van der Waals surface area contributed by atoms with Crippen molar-refractivity contribution in [1.29, 1.82) is 0 Å². The Morgan fingerprint density at radius 3 is 2.59 bits per heavy atom. The topological polar surface area (TPSA) is 89.6 Å². The highest BCUT2D eigenvalue weighted by Gasteiger charge is 2.16. The fourth-order valence-corrected chi connectivity index (χ4v) is 3.84. The molecule has 0 amide bonds. The molecule has 0 radical (unpaired) electrons. The Balaban J connectivity index is 0.000000404. The van der Waals surface area contributed by atoms with Crippen LogP contribution in [0.3, 0.4) is 0 Å². The summed E-state index contributed by atoms with van der Waals surface area (Å²) >= 11 is 5.97. The first-order valence-electron chi connectivity index (χ1n) is 13.1. The van der Waals surface area contributed by atoms with Gasteiger partial charge in [0.05, 0.1) is 18.7 Å². The maximum Gasteiger partial charge on any atom is 0.163 e. The Kier molecular flexibility index (Phi) is 14.1. The lowest BCUT2D eigenvalue weighted by molar-refractivity contribution is 0.103. The van der Waals surface area contributed by atoms with Crippen molar-refractivity contribution in [3.05, 3.63) is 77.5 Å². The standard InChI is InChI=1S/C22H26ClN3O2.C8H16N2O/c1-6-7-10-28-21-13-19-18(12-20(21)27-5)22(25-14-24-19)26-17(11-15(2)3)9-8-16(4)23;1-7(11-9-2)8-5-3-4-6-10-8/h6-9,11-14H,10H2,1-5H3,(H,24,25,26);8-10H,1,3-6H2,2H3/b7-6+,16-8+,17-9+;. The summed E-state index contributed by atoms with van der Waals surface area (Å²) in [5.41, 5.74) is 5.40. The zero-order chi connectivity index (χ0) is 28.6. The van der Waals surface area contributed by atoms with Crippen molar-refractivity contribution in [2.24, 2.45) is 0 Å². The molecular weight excluding hydrogens is 514 g/mol. The Morgan fingerprint density at radius 1 is 1.18 bits per heavy atom. The predicted octanol–water partition coefficient (Wildman–Crippen LogP) is 6.79. The molecule has 1 fully saturated rings. The van der Waals surface area contributed by atoms with Crippen LogP contribution in [0.5, 0.6) is 11.5 Å². The van der Waals surface area contributed by atoms with Crippen molar-refractivity contribution >= 4 is 28.3 Å². The highest BCUT2D eigenvalue weighted by molar-refractivity contribution is 6.29. The monoisotopic (exact) mass is 555 g/mol. The van der Waals surface area contributed by atoms with Crippen LogP contribution in [-0.4, -0.2) is 43.3 Å². The fourth-order valence-electron chi connectivity index (χ4n) is 3.78. The predicted molar refractivity (Wildman–Crippen MR) is 162 cm³/mol. The lowest BCUT2D eigenvalue weighted by Crippen LogP contribution is -2.36. The van der Waals surface area contributed by atoms with Gasteiger partial charge in [0.25, 0.3) is 0 Å². The molecule has 1 aliphatic rings. The van der Waals surface area contributed by atoms with Gasteiger partial charge in [-0.15, -0.1) is 0 Å². The first-order chi connectivity index (χ1) is 18.8. The van der Waals surface area contributed by atoms with E-state index in [0.29, 0.717) is 35.0 Å². The van der Waals surface area contributed by atoms with Crippen LogP contribution in [0.15, 0.2) is 77.5 Å². The van der Waals surface area contributed by atoms with Crippen molar-refractivity contribution in [2.75, 3.05) is 32.6 Å². The van der Waals surface area contributed by atoms with Crippen LogP contribution in [0.1, 0.15) is 47.0 Å². The summed E-state index contributed by atoms with van der Waals surface area (Å²) in [6, 6.07) is 4.08. The van der Waals surface area contributed by atoms with Gasteiger partial charge in [0.1, 0.15) is 24.5 Å². The highest BCUT2D eigenvalue weighted by atomic mass is 35.5. The molecule has 0 spiro atoms. The van der Waals surface area contributed by atoms with E-state index in [4.69, 9.17) is 25.9 Å². The smallest absolute Gasteiger partial charge is 0.163 e. The van der Waals surface area contributed by atoms with Gasteiger partial charge in [-0.2, -0.15) is 5.48 Å². The summed E-state index contributed by atoms with van der Waals surface area (Å²) in [5.74, 6) is 2.73. The number of fused-ring (bicyclic) bond motifs is 1. The SMILES string of the molecule is C/C=C/COc1cc2ncnc(N/C(C=C(C)C)=C/C=C(\C)Cl)c2cc1OC.C=C(ONC)C1CCCCN1. The molecule has 8 nitrogen and oxygen atoms in total. The number of ether oxygens (including phenoxy) is 2. The number of rotatable bonds is 11. The molecule has 2 heterocycles. The van der Waals surface area contributed by atoms with Crippen LogP contribution < -0.4 is 25.6 Å². The number of anilines is 1. The normalized spacial score (nSPS) is 15.8. The molecule has 0 aliphatic carbocycles. The van der Waals surface area contributed by atoms with E-state index in [-0.39, 0.29) is 0 Å². The number of nitrogens with one attached hydrogen (secondary N) is 3. The summed E-state index contributed by atoms with van der Waals surface area (Å²) in [4.78, 5) is 13.9. The minimum atomic E-state index is 0.344. The number of benzene rings is 1. The van der Waals surface area contributed by atoms with Crippen molar-refractivity contribution < 1.29 is 14.3 Å². The van der Waals surface area contributed by atoms with Crippen LogP contribution in [-0.2, 0) is 4.84 Å². The van der Waals surface area contributed by atoms with Gasteiger partial charge in [-0.25, -0.2) is 9.97 Å². The van der Waals surface area contributed by atoms with Crippen LogP contribution in [0, 0.1) is 0 Å². The maximum absolute atomic E-state index is 5.97. The molecule has 1 aromatic carbocycles. The van der Waals surface area contributed by atoms with E-state index in [0.717, 1.165) is 40.9 Å². The number of halogens is 1. The number of allylic oxidation sites excluding steroid dienone is 6. The molecular formula is C30H42ClN5O3. The quantitative estimate of drug-likeness (QED) is 0.121. The number of methoxy groups -OCH3 is 1. The van der Waals surface area contributed by atoms with E-state index in [1.54, 1.807) is 14.2 Å². The zero-order valence-corrected chi connectivity index (χ0v) is 24.7. The van der Waals surface area contributed by atoms with Gasteiger partial charge in [0.2, 0.25) is 0 Å². The Hall–Kier alpha value is -3.33. The fraction of sp³-hybridized carbons (Fsp3) is 0.400. The number of hydroxylamine groups is 1. The van der Waals surface area contributed by atoms with Gasteiger partial charge in [-0.3, -0.25) is 0 Å². The van der Waals surface area contributed by atoms with E-state index < -0.39 is 0 Å². The molecule has 1 aliphatic heterocycles. The van der Waals surface area contributed by atoms with Crippen molar-refractivity contribution in [3.63, 3.8) is 0 Å². The van der Waals surface area contributed by atoms with Gasteiger partial charge in [-0.1, -0.05) is 42.3 Å². The van der Waals surface area contributed by atoms with Crippen molar-refractivity contribution in [2.45, 2.75) is 53.0 Å². The second kappa shape index (κ2) is 17.3. The van der Waals surface area contributed by atoms with Crippen LogP contribution in [0.2, 0.25) is 0 Å². The Bertz CT molecular complexity index is 1190. The minimum Gasteiger partial charge on any atom is -0.493 e. The Morgan fingerprint density at radius 2 is 1.97 bits per heavy atom. The van der Waals surface area contributed by atoms with Gasteiger partial charge < -0.3 is 24.9 Å². The van der Waals surface area contributed by atoms with Crippen molar-refractivity contribution in [1.82, 2.24) is 20.8 Å². The molecule has 2 aromatic rings. The summed E-state index contributed by atoms with van der Waals surface area (Å²) in [5, 5.41) is 8.22. The van der Waals surface area contributed by atoms with E-state index in [2.05, 4.69) is 32.7 Å². The first-order valence-corrected chi connectivity index (χ1v) is 13.4. The molecule has 1 saturated heterocycles. The lowest BCUT2D eigenvalue weighted by atomic mass is 10.0. The number of nitrogens with zero attached hydrogens (tertiary/aromatic N) is 2. The highest BCUT2D eigenvalue weighted by Crippen LogP contribution is 2.34. The maximum atomic E-state index is 5.97. The molecule has 1 atom stereocenters. The number of aromatic nitrogens is 2. The van der Waals surface area contributed by atoms with E-state index in [1.165, 1.54) is 19.2 Å². The number of hydrogen-bond donors (Lipinski definition) is 3. The first kappa shape index (κ1) is 31.9. The van der Waals surface area contributed by atoms with Gasteiger partial charge in [0, 0.05) is 29.2 Å². The van der Waals surface area contributed by atoms with Crippen molar-refractivity contribution in [3.8, 4) is 11.5 Å². The third-order valence-corrected chi connectivity index (χ3v) is 5.75. The van der Waals surface area contributed by atoms with E-state index in [1.807, 2.05) is 70.2 Å². The summed E-state index contributed by atoms with van der Waals surface area (Å²) in [6.07, 6.45) is 14.8. The molecule has 0 saturated carbocycles. The average Bonchev–Trinajstić information content (AvgIpc) is 2.92. The lowest BCUT2D eigenvalue weighted by Gasteiger charge is -2.24. The van der Waals surface area contributed by atoms with Gasteiger partial charge >= 0.3 is 0 Å². The van der Waals surface area contributed by atoms with Crippen LogP contribution >= 0.6 is 11.6 Å². The molecule has 3 rings (SSSR count). The molecule has 39 heavy (non-hydrogen) atoms. The second-order valence-corrected chi connectivity index (χ2v) is 9.72. The Labute approximate surface area is 237 Å². The molecule has 0 bridgehead atoms.